The molecule has 1 aromatic rings. The molecule has 0 saturated carbocycles. The van der Waals surface area contributed by atoms with Crippen molar-refractivity contribution in [2.45, 2.75) is 13.0 Å². The van der Waals surface area contributed by atoms with E-state index in [4.69, 9.17) is 11.6 Å². The number of amides is 3. The minimum atomic E-state index is -0.860. The van der Waals surface area contributed by atoms with Gasteiger partial charge in [0.1, 0.15) is 18.4 Å². The maximum atomic E-state index is 13.7. The van der Waals surface area contributed by atoms with Crippen LogP contribution in [-0.4, -0.2) is 35.2 Å². The number of nitrogens with zero attached hydrogens (tertiary/aromatic N) is 1. The lowest BCUT2D eigenvalue weighted by Crippen LogP contribution is -2.58. The number of carbonyl (C=O) groups excluding carboxylic acids is 3. The van der Waals surface area contributed by atoms with E-state index in [9.17, 15) is 18.8 Å². The van der Waals surface area contributed by atoms with Crippen molar-refractivity contribution in [3.8, 4) is 0 Å². The van der Waals surface area contributed by atoms with Gasteiger partial charge in [-0.1, -0.05) is 17.7 Å². The largest absolute Gasteiger partial charge is 0.317 e. The van der Waals surface area contributed by atoms with Gasteiger partial charge in [0.25, 0.3) is 5.91 Å². The molecule has 3 amide bonds. The first-order chi connectivity index (χ1) is 8.91. The first-order valence-corrected chi connectivity index (χ1v) is 5.88. The molecule has 1 aromatic carbocycles. The molecule has 0 aromatic heterocycles. The van der Waals surface area contributed by atoms with Gasteiger partial charge in [-0.2, -0.15) is 0 Å². The van der Waals surface area contributed by atoms with Gasteiger partial charge in [0.05, 0.1) is 10.6 Å². The van der Waals surface area contributed by atoms with Crippen LogP contribution in [-0.2, 0) is 9.59 Å². The molecule has 0 aliphatic carbocycles. The van der Waals surface area contributed by atoms with E-state index in [1.807, 2.05) is 0 Å². The van der Waals surface area contributed by atoms with Gasteiger partial charge in [-0.25, -0.2) is 4.39 Å². The van der Waals surface area contributed by atoms with E-state index in [0.717, 1.165) is 11.0 Å². The molecule has 0 spiro atoms. The minimum Gasteiger partial charge on any atom is -0.317 e. The van der Waals surface area contributed by atoms with E-state index in [1.165, 1.54) is 19.1 Å². The van der Waals surface area contributed by atoms with Crippen LogP contribution in [0, 0.1) is 5.82 Å². The summed E-state index contributed by atoms with van der Waals surface area (Å²) in [6, 6.07) is 2.97. The van der Waals surface area contributed by atoms with Gasteiger partial charge in [-0.3, -0.25) is 19.7 Å². The van der Waals surface area contributed by atoms with Gasteiger partial charge in [-0.15, -0.1) is 0 Å². The number of imide groups is 1. The Morgan fingerprint density at radius 2 is 2.16 bits per heavy atom. The maximum absolute atomic E-state index is 13.7. The summed E-state index contributed by atoms with van der Waals surface area (Å²) in [4.78, 5) is 36.0. The topological polar surface area (TPSA) is 66.5 Å². The molecule has 2 rings (SSSR count). The van der Waals surface area contributed by atoms with E-state index < -0.39 is 29.6 Å². The number of benzene rings is 1. The monoisotopic (exact) mass is 284 g/mol. The first-order valence-electron chi connectivity index (χ1n) is 5.50. The fourth-order valence-corrected chi connectivity index (χ4v) is 2.05. The molecular formula is C12H10ClFN2O3. The minimum absolute atomic E-state index is 0.0596. The number of piperazine rings is 1. The molecule has 1 atom stereocenters. The molecule has 1 aliphatic heterocycles. The molecule has 1 unspecified atom stereocenters. The summed E-state index contributed by atoms with van der Waals surface area (Å²) >= 11 is 5.79. The smallest absolute Gasteiger partial charge is 0.259 e. The third-order valence-corrected chi connectivity index (χ3v) is 3.18. The Balaban J connectivity index is 2.38. The van der Waals surface area contributed by atoms with Crippen LogP contribution in [0.5, 0.6) is 0 Å². The fourth-order valence-electron chi connectivity index (χ4n) is 1.81. The van der Waals surface area contributed by atoms with Crippen molar-refractivity contribution in [2.24, 2.45) is 0 Å². The molecule has 1 fully saturated rings. The van der Waals surface area contributed by atoms with Gasteiger partial charge >= 0.3 is 0 Å². The Hall–Kier alpha value is -1.95. The van der Waals surface area contributed by atoms with E-state index in [0.29, 0.717) is 0 Å². The lowest BCUT2D eigenvalue weighted by atomic mass is 10.1. The number of hydrogen-bond donors (Lipinski definition) is 1. The summed E-state index contributed by atoms with van der Waals surface area (Å²) in [5.74, 6) is -2.78. The highest BCUT2D eigenvalue weighted by atomic mass is 35.5. The van der Waals surface area contributed by atoms with Gasteiger partial charge in [0.15, 0.2) is 0 Å². The summed E-state index contributed by atoms with van der Waals surface area (Å²) in [5.41, 5.74) is -0.335. The average Bonchev–Trinajstić information content (AvgIpc) is 2.33. The molecule has 1 saturated heterocycles. The molecule has 1 N–H and O–H groups in total. The lowest BCUT2D eigenvalue weighted by molar-refractivity contribution is -0.138. The van der Waals surface area contributed by atoms with Crippen LogP contribution in [0.4, 0.5) is 4.39 Å². The summed E-state index contributed by atoms with van der Waals surface area (Å²) in [7, 11) is 0. The van der Waals surface area contributed by atoms with Crippen LogP contribution in [0.1, 0.15) is 17.3 Å². The third kappa shape index (κ3) is 2.44. The Bertz CT molecular complexity index is 556. The first kappa shape index (κ1) is 13.5. The fraction of sp³-hybridized carbons (Fsp3) is 0.250. The number of hydrogen-bond acceptors (Lipinski definition) is 3. The molecule has 1 heterocycles. The predicted molar refractivity (Wildman–Crippen MR) is 65.1 cm³/mol. The maximum Gasteiger partial charge on any atom is 0.259 e. The van der Waals surface area contributed by atoms with Gasteiger partial charge in [0.2, 0.25) is 11.8 Å². The summed E-state index contributed by atoms with van der Waals surface area (Å²) in [6.07, 6.45) is 0. The quantitative estimate of drug-likeness (QED) is 0.781. The van der Waals surface area contributed by atoms with Crippen LogP contribution in [0.2, 0.25) is 5.02 Å². The predicted octanol–water partition coefficient (Wildman–Crippen LogP) is 0.966. The number of carbonyl (C=O) groups is 3. The van der Waals surface area contributed by atoms with Gasteiger partial charge < -0.3 is 4.90 Å². The van der Waals surface area contributed by atoms with Crippen LogP contribution < -0.4 is 5.32 Å². The highest BCUT2D eigenvalue weighted by Crippen LogP contribution is 2.22. The van der Waals surface area contributed by atoms with Crippen LogP contribution >= 0.6 is 11.6 Å². The summed E-state index contributed by atoms with van der Waals surface area (Å²) < 4.78 is 13.7. The second kappa shape index (κ2) is 4.97. The molecule has 100 valence electrons. The van der Waals surface area contributed by atoms with Crippen molar-refractivity contribution in [3.05, 3.63) is 34.6 Å². The Morgan fingerprint density at radius 3 is 2.79 bits per heavy atom. The van der Waals surface area contributed by atoms with Crippen molar-refractivity contribution in [3.63, 3.8) is 0 Å². The van der Waals surface area contributed by atoms with E-state index in [2.05, 4.69) is 5.32 Å². The lowest BCUT2D eigenvalue weighted by Gasteiger charge is -2.31. The van der Waals surface area contributed by atoms with E-state index in [-0.39, 0.29) is 17.1 Å². The van der Waals surface area contributed by atoms with Gasteiger partial charge in [-0.05, 0) is 19.1 Å². The number of rotatable bonds is 1. The Morgan fingerprint density at radius 1 is 1.47 bits per heavy atom. The molecular weight excluding hydrogens is 275 g/mol. The molecule has 19 heavy (non-hydrogen) atoms. The van der Waals surface area contributed by atoms with Crippen LogP contribution in [0.3, 0.4) is 0 Å². The second-order valence-corrected chi connectivity index (χ2v) is 4.53. The Labute approximate surface area is 113 Å². The van der Waals surface area contributed by atoms with Crippen molar-refractivity contribution < 1.29 is 18.8 Å². The van der Waals surface area contributed by atoms with Gasteiger partial charge in [0, 0.05) is 0 Å². The summed E-state index contributed by atoms with van der Waals surface area (Å²) in [6.45, 7) is 1.14. The van der Waals surface area contributed by atoms with Crippen molar-refractivity contribution >= 4 is 29.3 Å². The van der Waals surface area contributed by atoms with E-state index >= 15 is 0 Å². The van der Waals surface area contributed by atoms with E-state index in [1.54, 1.807) is 0 Å². The molecule has 1 aliphatic rings. The van der Waals surface area contributed by atoms with Crippen molar-refractivity contribution in [1.29, 1.82) is 0 Å². The zero-order chi connectivity index (χ0) is 14.2. The van der Waals surface area contributed by atoms with Crippen LogP contribution in [0.25, 0.3) is 0 Å². The van der Waals surface area contributed by atoms with Crippen LogP contribution in [0.15, 0.2) is 18.2 Å². The Kier molecular flexibility index (Phi) is 3.53. The molecule has 0 bridgehead atoms. The normalized spacial score (nSPS) is 19.3. The summed E-state index contributed by atoms with van der Waals surface area (Å²) in [5, 5.41) is 2.04. The number of nitrogens with one attached hydrogen (secondary N) is 1. The highest BCUT2D eigenvalue weighted by Gasteiger charge is 2.35. The molecule has 5 nitrogen and oxygen atoms in total. The number of halogens is 2. The standard InChI is InChI=1S/C12H10ClFN2O3/c1-6-11(18)15-9(17)5-16(6)12(19)10-7(13)3-2-4-8(10)14/h2-4,6H,5H2,1H3,(H,15,17,18). The average molecular weight is 285 g/mol. The third-order valence-electron chi connectivity index (χ3n) is 2.86. The molecule has 7 heteroatoms. The zero-order valence-corrected chi connectivity index (χ0v) is 10.7. The second-order valence-electron chi connectivity index (χ2n) is 4.12. The molecule has 0 radical (unpaired) electrons. The zero-order valence-electron chi connectivity index (χ0n) is 9.94. The van der Waals surface area contributed by atoms with Crippen molar-refractivity contribution in [2.75, 3.05) is 6.54 Å². The highest BCUT2D eigenvalue weighted by molar-refractivity contribution is 6.34. The SMILES string of the molecule is CC1C(=O)NC(=O)CN1C(=O)c1c(F)cccc1Cl. The van der Waals surface area contributed by atoms with Crippen molar-refractivity contribution in [1.82, 2.24) is 10.2 Å².